The first-order chi connectivity index (χ1) is 9.72. The van der Waals surface area contributed by atoms with E-state index in [1.54, 1.807) is 18.7 Å². The van der Waals surface area contributed by atoms with Crippen molar-refractivity contribution in [2.75, 3.05) is 17.3 Å². The van der Waals surface area contributed by atoms with Crippen molar-refractivity contribution in [2.45, 2.75) is 51.1 Å². The molecular formula is C16H27NO2S2. The number of hydrogen-bond acceptors (Lipinski definition) is 4. The third kappa shape index (κ3) is 8.49. The van der Waals surface area contributed by atoms with Gasteiger partial charge in [-0.25, -0.2) is 8.42 Å². The molecular weight excluding hydrogens is 302 g/mol. The first kappa shape index (κ1) is 18.5. The molecule has 0 aliphatic heterocycles. The summed E-state index contributed by atoms with van der Waals surface area (Å²) in [6, 6.07) is 8.48. The Kier molecular flexibility index (Phi) is 7.24. The molecule has 0 aliphatic rings. The van der Waals surface area contributed by atoms with Crippen LogP contribution in [0.2, 0.25) is 0 Å². The smallest absolute Gasteiger partial charge is 0.150 e. The number of thioether (sulfide) groups is 1. The molecule has 0 radical (unpaired) electrons. The van der Waals surface area contributed by atoms with Crippen molar-refractivity contribution in [1.29, 1.82) is 0 Å². The fraction of sp³-hybridized carbons (Fsp3) is 0.625. The van der Waals surface area contributed by atoms with E-state index in [0.717, 1.165) is 12.3 Å². The number of hydrogen-bond donors (Lipinski definition) is 1. The van der Waals surface area contributed by atoms with Gasteiger partial charge in [-0.3, -0.25) is 0 Å². The molecule has 0 aromatic heterocycles. The van der Waals surface area contributed by atoms with Crippen LogP contribution >= 0.6 is 11.8 Å². The predicted molar refractivity (Wildman–Crippen MR) is 92.7 cm³/mol. The second-order valence-corrected chi connectivity index (χ2v) is 9.83. The minimum absolute atomic E-state index is 0.123. The van der Waals surface area contributed by atoms with Gasteiger partial charge in [-0.2, -0.15) is 0 Å². The molecule has 0 fully saturated rings. The molecule has 0 spiro atoms. The number of benzene rings is 1. The fourth-order valence-corrected chi connectivity index (χ4v) is 3.59. The molecule has 0 unspecified atom stereocenters. The first-order valence-corrected chi connectivity index (χ1v) is 10.2. The normalized spacial score (nSPS) is 12.6. The van der Waals surface area contributed by atoms with Crippen LogP contribution in [0.15, 0.2) is 29.2 Å². The highest BCUT2D eigenvalue weighted by atomic mass is 32.2. The Morgan fingerprint density at radius 3 is 2.29 bits per heavy atom. The molecule has 0 atom stereocenters. The average molecular weight is 330 g/mol. The maximum Gasteiger partial charge on any atom is 0.150 e. The molecule has 0 aliphatic carbocycles. The quantitative estimate of drug-likeness (QED) is 0.586. The summed E-state index contributed by atoms with van der Waals surface area (Å²) in [4.78, 5) is 1.20. The summed E-state index contributed by atoms with van der Waals surface area (Å²) in [5.41, 5.74) is 1.39. The Morgan fingerprint density at radius 2 is 1.76 bits per heavy atom. The molecule has 1 aromatic carbocycles. The number of sulfone groups is 1. The van der Waals surface area contributed by atoms with Crippen molar-refractivity contribution < 1.29 is 8.42 Å². The van der Waals surface area contributed by atoms with Gasteiger partial charge in [-0.15, -0.1) is 11.8 Å². The Hall–Kier alpha value is -0.520. The van der Waals surface area contributed by atoms with E-state index < -0.39 is 9.84 Å². The van der Waals surface area contributed by atoms with Gasteiger partial charge < -0.3 is 5.32 Å². The molecule has 5 heteroatoms. The Bertz CT molecular complexity index is 516. The maximum atomic E-state index is 11.4. The van der Waals surface area contributed by atoms with Gasteiger partial charge in [0.1, 0.15) is 9.84 Å². The van der Waals surface area contributed by atoms with E-state index in [-0.39, 0.29) is 11.3 Å². The zero-order valence-electron chi connectivity index (χ0n) is 13.5. The van der Waals surface area contributed by atoms with Crippen molar-refractivity contribution in [3.8, 4) is 0 Å². The van der Waals surface area contributed by atoms with Crippen LogP contribution in [-0.2, 0) is 16.4 Å². The van der Waals surface area contributed by atoms with Crippen molar-refractivity contribution in [2.24, 2.45) is 0 Å². The summed E-state index contributed by atoms with van der Waals surface area (Å²) in [5, 5.41) is 3.46. The van der Waals surface area contributed by atoms with Crippen molar-refractivity contribution in [3.63, 3.8) is 0 Å². The maximum absolute atomic E-state index is 11.4. The summed E-state index contributed by atoms with van der Waals surface area (Å²) >= 11 is 1.72. The predicted octanol–water partition coefficient (Wildman–Crippen LogP) is 3.49. The molecule has 0 saturated carbocycles. The van der Waals surface area contributed by atoms with Crippen LogP contribution in [0.3, 0.4) is 0 Å². The van der Waals surface area contributed by atoms with E-state index >= 15 is 0 Å². The van der Waals surface area contributed by atoms with Gasteiger partial charge in [0.15, 0.2) is 0 Å². The highest BCUT2D eigenvalue weighted by molar-refractivity contribution is 7.99. The highest BCUT2D eigenvalue weighted by Gasteiger charge is 2.08. The van der Waals surface area contributed by atoms with Gasteiger partial charge in [-0.05, 0) is 50.6 Å². The molecule has 1 N–H and O–H groups in total. The minimum atomic E-state index is -2.82. The van der Waals surface area contributed by atoms with Crippen LogP contribution in [0, 0.1) is 0 Å². The van der Waals surface area contributed by atoms with E-state index in [1.165, 1.54) is 10.5 Å². The standard InChI is InChI=1S/C16H27NO2S2/c1-5-21(18,19)12-6-11-20-15-9-7-14(8-10-15)13-17-16(2,3)4/h7-10,17H,5-6,11-13H2,1-4H3. The third-order valence-corrected chi connectivity index (χ3v) is 5.94. The van der Waals surface area contributed by atoms with E-state index in [0.29, 0.717) is 12.2 Å². The highest BCUT2D eigenvalue weighted by Crippen LogP contribution is 2.19. The van der Waals surface area contributed by atoms with Crippen molar-refractivity contribution in [1.82, 2.24) is 5.32 Å². The molecule has 0 heterocycles. The molecule has 1 rings (SSSR count). The largest absolute Gasteiger partial charge is 0.308 e. The Morgan fingerprint density at radius 1 is 1.14 bits per heavy atom. The van der Waals surface area contributed by atoms with E-state index in [2.05, 4.69) is 50.4 Å². The summed E-state index contributed by atoms with van der Waals surface area (Å²) in [7, 11) is -2.82. The SMILES string of the molecule is CCS(=O)(=O)CCCSc1ccc(CNC(C)(C)C)cc1. The van der Waals surface area contributed by atoms with Gasteiger partial charge in [-0.1, -0.05) is 19.1 Å². The van der Waals surface area contributed by atoms with Gasteiger partial charge >= 0.3 is 0 Å². The molecule has 3 nitrogen and oxygen atoms in total. The lowest BCUT2D eigenvalue weighted by Crippen LogP contribution is -2.35. The minimum Gasteiger partial charge on any atom is -0.308 e. The van der Waals surface area contributed by atoms with Crippen LogP contribution in [0.1, 0.15) is 39.7 Å². The summed E-state index contributed by atoms with van der Waals surface area (Å²) in [6.07, 6.45) is 0.716. The first-order valence-electron chi connectivity index (χ1n) is 7.39. The molecule has 0 saturated heterocycles. The molecule has 1 aromatic rings. The van der Waals surface area contributed by atoms with Crippen LogP contribution in [-0.4, -0.2) is 31.2 Å². The van der Waals surface area contributed by atoms with E-state index in [9.17, 15) is 8.42 Å². The van der Waals surface area contributed by atoms with Crippen LogP contribution < -0.4 is 5.32 Å². The van der Waals surface area contributed by atoms with Gasteiger partial charge in [0.05, 0.1) is 5.75 Å². The summed E-state index contributed by atoms with van der Waals surface area (Å²) in [5.74, 6) is 1.38. The fourth-order valence-electron chi connectivity index (χ4n) is 1.68. The van der Waals surface area contributed by atoms with Crippen LogP contribution in [0.25, 0.3) is 0 Å². The van der Waals surface area contributed by atoms with Crippen molar-refractivity contribution in [3.05, 3.63) is 29.8 Å². The molecule has 0 amide bonds. The zero-order chi connectivity index (χ0) is 15.9. The molecule has 21 heavy (non-hydrogen) atoms. The zero-order valence-corrected chi connectivity index (χ0v) is 15.1. The third-order valence-electron chi connectivity index (χ3n) is 3.05. The van der Waals surface area contributed by atoms with E-state index in [4.69, 9.17) is 0 Å². The van der Waals surface area contributed by atoms with Gasteiger partial charge in [0, 0.05) is 22.7 Å². The molecule has 0 bridgehead atoms. The average Bonchev–Trinajstić information content (AvgIpc) is 2.42. The van der Waals surface area contributed by atoms with Crippen LogP contribution in [0.4, 0.5) is 0 Å². The Balaban J connectivity index is 2.35. The Labute approximate surface area is 133 Å². The lowest BCUT2D eigenvalue weighted by molar-refractivity contribution is 0.424. The lowest BCUT2D eigenvalue weighted by atomic mass is 10.1. The lowest BCUT2D eigenvalue weighted by Gasteiger charge is -2.20. The second-order valence-electron chi connectivity index (χ2n) is 6.19. The topological polar surface area (TPSA) is 46.2 Å². The van der Waals surface area contributed by atoms with E-state index in [1.807, 2.05) is 0 Å². The summed E-state index contributed by atoms with van der Waals surface area (Å²) in [6.45, 7) is 9.03. The summed E-state index contributed by atoms with van der Waals surface area (Å²) < 4.78 is 22.8. The van der Waals surface area contributed by atoms with Gasteiger partial charge in [0.2, 0.25) is 0 Å². The second kappa shape index (κ2) is 8.20. The van der Waals surface area contributed by atoms with Crippen LogP contribution in [0.5, 0.6) is 0 Å². The number of nitrogens with one attached hydrogen (secondary N) is 1. The monoisotopic (exact) mass is 329 g/mol. The number of rotatable bonds is 8. The molecule has 120 valence electrons. The van der Waals surface area contributed by atoms with Gasteiger partial charge in [0.25, 0.3) is 0 Å². The van der Waals surface area contributed by atoms with Crippen molar-refractivity contribution >= 4 is 21.6 Å².